The van der Waals surface area contributed by atoms with Gasteiger partial charge in [0.2, 0.25) is 0 Å². The van der Waals surface area contributed by atoms with Gasteiger partial charge in [0.25, 0.3) is 0 Å². The van der Waals surface area contributed by atoms with Crippen LogP contribution in [0.15, 0.2) is 24.4 Å². The van der Waals surface area contributed by atoms with Gasteiger partial charge in [-0.2, -0.15) is 5.10 Å². The van der Waals surface area contributed by atoms with Crippen molar-refractivity contribution in [3.8, 4) is 11.4 Å². The first-order valence-electron chi connectivity index (χ1n) is 7.29. The Morgan fingerprint density at radius 3 is 2.76 bits per heavy atom. The van der Waals surface area contributed by atoms with E-state index in [0.717, 1.165) is 40.2 Å². The van der Waals surface area contributed by atoms with Crippen LogP contribution in [0.5, 0.6) is 0 Å². The molecule has 2 aromatic heterocycles. The molecule has 3 aromatic rings. The SMILES string of the molecule is Cc1[nH]ncc1-c1nc2cc(CN)ccc2n1CC(C)C. The van der Waals surface area contributed by atoms with Gasteiger partial charge in [0.05, 0.1) is 22.8 Å². The number of rotatable bonds is 4. The van der Waals surface area contributed by atoms with Crippen molar-refractivity contribution < 1.29 is 0 Å². The molecule has 5 heteroatoms. The summed E-state index contributed by atoms with van der Waals surface area (Å²) >= 11 is 0. The Bertz CT molecular complexity index is 766. The molecular formula is C16H21N5. The number of aromatic amines is 1. The maximum atomic E-state index is 5.74. The first-order chi connectivity index (χ1) is 10.1. The van der Waals surface area contributed by atoms with E-state index < -0.39 is 0 Å². The van der Waals surface area contributed by atoms with Crippen molar-refractivity contribution in [3.05, 3.63) is 35.7 Å². The molecule has 0 bridgehead atoms. The zero-order valence-electron chi connectivity index (χ0n) is 12.7. The molecule has 0 amide bonds. The van der Waals surface area contributed by atoms with Crippen LogP contribution in [-0.2, 0) is 13.1 Å². The second-order valence-corrected chi connectivity index (χ2v) is 5.88. The van der Waals surface area contributed by atoms with E-state index in [1.807, 2.05) is 13.1 Å². The van der Waals surface area contributed by atoms with Crippen molar-refractivity contribution in [2.24, 2.45) is 11.7 Å². The van der Waals surface area contributed by atoms with E-state index in [-0.39, 0.29) is 0 Å². The number of H-pyrrole nitrogens is 1. The van der Waals surface area contributed by atoms with E-state index in [2.05, 4.69) is 46.8 Å². The summed E-state index contributed by atoms with van der Waals surface area (Å²) in [5.41, 5.74) is 11.1. The minimum Gasteiger partial charge on any atom is -0.326 e. The Kier molecular flexibility index (Phi) is 3.51. The van der Waals surface area contributed by atoms with Crippen LogP contribution >= 0.6 is 0 Å². The summed E-state index contributed by atoms with van der Waals surface area (Å²) in [5.74, 6) is 1.52. The number of nitrogens with one attached hydrogen (secondary N) is 1. The fourth-order valence-electron chi connectivity index (χ4n) is 2.63. The molecule has 0 saturated carbocycles. The standard InChI is InChI=1S/C16H21N5/c1-10(2)9-21-15-5-4-12(7-17)6-14(15)19-16(21)13-8-18-20-11(13)3/h4-6,8,10H,7,9,17H2,1-3H3,(H,18,20). The van der Waals surface area contributed by atoms with Crippen molar-refractivity contribution in [3.63, 3.8) is 0 Å². The maximum Gasteiger partial charge on any atom is 0.144 e. The molecule has 3 N–H and O–H groups in total. The Labute approximate surface area is 124 Å². The van der Waals surface area contributed by atoms with Gasteiger partial charge >= 0.3 is 0 Å². The topological polar surface area (TPSA) is 72.5 Å². The second kappa shape index (κ2) is 5.33. The monoisotopic (exact) mass is 283 g/mol. The lowest BCUT2D eigenvalue weighted by molar-refractivity contribution is 0.536. The Morgan fingerprint density at radius 2 is 2.14 bits per heavy atom. The van der Waals surface area contributed by atoms with E-state index in [1.54, 1.807) is 0 Å². The Morgan fingerprint density at radius 1 is 1.33 bits per heavy atom. The average Bonchev–Trinajstić information content (AvgIpc) is 3.02. The van der Waals surface area contributed by atoms with Crippen molar-refractivity contribution >= 4 is 11.0 Å². The summed E-state index contributed by atoms with van der Waals surface area (Å²) < 4.78 is 2.28. The van der Waals surface area contributed by atoms with Crippen molar-refractivity contribution in [2.45, 2.75) is 33.9 Å². The summed E-state index contributed by atoms with van der Waals surface area (Å²) in [6.07, 6.45) is 1.84. The number of nitrogens with zero attached hydrogens (tertiary/aromatic N) is 3. The second-order valence-electron chi connectivity index (χ2n) is 5.88. The van der Waals surface area contributed by atoms with E-state index in [9.17, 15) is 0 Å². The number of benzene rings is 1. The van der Waals surface area contributed by atoms with Crippen LogP contribution in [-0.4, -0.2) is 19.7 Å². The number of hydrogen-bond acceptors (Lipinski definition) is 3. The van der Waals surface area contributed by atoms with Crippen molar-refractivity contribution in [1.82, 2.24) is 19.7 Å². The molecule has 3 rings (SSSR count). The average molecular weight is 283 g/mol. The van der Waals surface area contributed by atoms with Gasteiger partial charge in [-0.1, -0.05) is 19.9 Å². The summed E-state index contributed by atoms with van der Waals surface area (Å²) in [5, 5.41) is 7.12. The largest absolute Gasteiger partial charge is 0.326 e. The quantitative estimate of drug-likeness (QED) is 0.773. The number of hydrogen-bond donors (Lipinski definition) is 2. The van der Waals surface area contributed by atoms with Crippen LogP contribution in [0.1, 0.15) is 25.1 Å². The van der Waals surface area contributed by atoms with Crippen LogP contribution in [0.25, 0.3) is 22.4 Å². The molecule has 21 heavy (non-hydrogen) atoms. The molecule has 0 atom stereocenters. The third kappa shape index (κ3) is 2.45. The van der Waals surface area contributed by atoms with Gasteiger partial charge < -0.3 is 10.3 Å². The van der Waals surface area contributed by atoms with Crippen LogP contribution in [0, 0.1) is 12.8 Å². The van der Waals surface area contributed by atoms with Crippen LogP contribution in [0.3, 0.4) is 0 Å². The fourth-order valence-corrected chi connectivity index (χ4v) is 2.63. The van der Waals surface area contributed by atoms with Gasteiger partial charge in [0.1, 0.15) is 5.82 Å². The number of imidazole rings is 1. The highest BCUT2D eigenvalue weighted by Gasteiger charge is 2.16. The first-order valence-corrected chi connectivity index (χ1v) is 7.29. The molecule has 0 aliphatic heterocycles. The minimum absolute atomic E-state index is 0.535. The van der Waals surface area contributed by atoms with E-state index in [0.29, 0.717) is 12.5 Å². The molecule has 1 aromatic carbocycles. The zero-order chi connectivity index (χ0) is 15.0. The molecule has 0 spiro atoms. The molecule has 0 radical (unpaired) electrons. The summed E-state index contributed by atoms with van der Waals surface area (Å²) in [7, 11) is 0. The predicted molar refractivity (Wildman–Crippen MR) is 84.8 cm³/mol. The molecule has 110 valence electrons. The Hall–Kier alpha value is -2.14. The van der Waals surface area contributed by atoms with Gasteiger partial charge in [0, 0.05) is 18.8 Å². The van der Waals surface area contributed by atoms with E-state index >= 15 is 0 Å². The third-order valence-corrected chi connectivity index (χ3v) is 3.67. The molecule has 0 aliphatic carbocycles. The highest BCUT2D eigenvalue weighted by atomic mass is 15.1. The van der Waals surface area contributed by atoms with E-state index in [4.69, 9.17) is 10.7 Å². The molecular weight excluding hydrogens is 262 g/mol. The fraction of sp³-hybridized carbons (Fsp3) is 0.375. The highest BCUT2D eigenvalue weighted by Crippen LogP contribution is 2.27. The number of aromatic nitrogens is 4. The number of nitrogens with two attached hydrogens (primary N) is 1. The minimum atomic E-state index is 0.535. The molecule has 0 saturated heterocycles. The van der Waals surface area contributed by atoms with Gasteiger partial charge in [-0.3, -0.25) is 5.10 Å². The molecule has 0 unspecified atom stereocenters. The normalized spacial score (nSPS) is 11.7. The maximum absolute atomic E-state index is 5.74. The smallest absolute Gasteiger partial charge is 0.144 e. The lowest BCUT2D eigenvalue weighted by Gasteiger charge is -2.11. The summed E-state index contributed by atoms with van der Waals surface area (Å²) in [4.78, 5) is 4.83. The van der Waals surface area contributed by atoms with Crippen molar-refractivity contribution in [2.75, 3.05) is 0 Å². The van der Waals surface area contributed by atoms with Gasteiger partial charge in [0.15, 0.2) is 0 Å². The Balaban J connectivity index is 2.24. The van der Waals surface area contributed by atoms with E-state index in [1.165, 1.54) is 0 Å². The van der Waals surface area contributed by atoms with Crippen LogP contribution in [0.2, 0.25) is 0 Å². The lowest BCUT2D eigenvalue weighted by atomic mass is 10.2. The predicted octanol–water partition coefficient (Wildman–Crippen LogP) is 2.85. The number of fused-ring (bicyclic) bond motifs is 1. The molecule has 5 nitrogen and oxygen atoms in total. The summed E-state index contributed by atoms with van der Waals surface area (Å²) in [6.45, 7) is 7.91. The van der Waals surface area contributed by atoms with Gasteiger partial charge in [-0.05, 0) is 30.5 Å². The van der Waals surface area contributed by atoms with Crippen LogP contribution in [0.4, 0.5) is 0 Å². The molecule has 2 heterocycles. The summed E-state index contributed by atoms with van der Waals surface area (Å²) in [6, 6.07) is 6.27. The van der Waals surface area contributed by atoms with Crippen molar-refractivity contribution in [1.29, 1.82) is 0 Å². The third-order valence-electron chi connectivity index (χ3n) is 3.67. The first kappa shape index (κ1) is 13.8. The van der Waals surface area contributed by atoms with Gasteiger partial charge in [-0.15, -0.1) is 0 Å². The van der Waals surface area contributed by atoms with Gasteiger partial charge in [-0.25, -0.2) is 4.98 Å². The lowest BCUT2D eigenvalue weighted by Crippen LogP contribution is -2.06. The van der Waals surface area contributed by atoms with Crippen LogP contribution < -0.4 is 5.73 Å². The molecule has 0 aliphatic rings. The highest BCUT2D eigenvalue weighted by molar-refractivity contribution is 5.81. The number of aryl methyl sites for hydroxylation is 1. The zero-order valence-corrected chi connectivity index (χ0v) is 12.7. The molecule has 0 fully saturated rings.